The van der Waals surface area contributed by atoms with Gasteiger partial charge in [0.05, 0.1) is 4.90 Å². The third kappa shape index (κ3) is 3.58. The molecule has 128 valence electrons. The zero-order valence-corrected chi connectivity index (χ0v) is 15.4. The minimum Gasteiger partial charge on any atom is -0.340 e. The Bertz CT molecular complexity index is 680. The second-order valence-corrected chi connectivity index (χ2v) is 8.49. The van der Waals surface area contributed by atoms with Gasteiger partial charge >= 0.3 is 0 Å². The van der Waals surface area contributed by atoms with Crippen LogP contribution >= 0.6 is 0 Å². The van der Waals surface area contributed by atoms with Crippen LogP contribution in [-0.4, -0.2) is 49.7 Å². The lowest BCUT2D eigenvalue weighted by molar-refractivity contribution is -0.135. The third-order valence-electron chi connectivity index (χ3n) is 4.25. The van der Waals surface area contributed by atoms with Gasteiger partial charge in [-0.1, -0.05) is 31.5 Å². The van der Waals surface area contributed by atoms with Crippen LogP contribution in [0.2, 0.25) is 0 Å². The SMILES string of the molecule is Cc1cc(C)c(S(=O)(=O)N2CCN(C(=O)C(C)C)CC2)c(C)c1. The summed E-state index contributed by atoms with van der Waals surface area (Å²) in [4.78, 5) is 14.2. The first kappa shape index (κ1) is 17.9. The Morgan fingerprint density at radius 2 is 1.48 bits per heavy atom. The van der Waals surface area contributed by atoms with Crippen molar-refractivity contribution in [2.45, 2.75) is 39.5 Å². The number of amides is 1. The number of carbonyl (C=O) groups excluding carboxylic acids is 1. The number of rotatable bonds is 3. The van der Waals surface area contributed by atoms with Crippen molar-refractivity contribution >= 4 is 15.9 Å². The molecular formula is C17H26N2O3S. The van der Waals surface area contributed by atoms with Crippen molar-refractivity contribution in [3.63, 3.8) is 0 Å². The van der Waals surface area contributed by atoms with E-state index in [1.54, 1.807) is 4.90 Å². The van der Waals surface area contributed by atoms with E-state index in [1.807, 2.05) is 46.8 Å². The molecule has 1 aromatic carbocycles. The highest BCUT2D eigenvalue weighted by atomic mass is 32.2. The summed E-state index contributed by atoms with van der Waals surface area (Å²) in [5.41, 5.74) is 2.62. The van der Waals surface area contributed by atoms with Gasteiger partial charge < -0.3 is 4.90 Å². The van der Waals surface area contributed by atoms with Gasteiger partial charge in [0.25, 0.3) is 0 Å². The molecule has 0 unspecified atom stereocenters. The summed E-state index contributed by atoms with van der Waals surface area (Å²) in [5.74, 6) is 0.0319. The summed E-state index contributed by atoms with van der Waals surface area (Å²) in [6.45, 7) is 11.0. The van der Waals surface area contributed by atoms with Crippen LogP contribution in [0.5, 0.6) is 0 Å². The number of hydrogen-bond acceptors (Lipinski definition) is 3. The summed E-state index contributed by atoms with van der Waals surface area (Å²) >= 11 is 0. The summed E-state index contributed by atoms with van der Waals surface area (Å²) < 4.78 is 27.4. The molecule has 1 aliphatic rings. The summed E-state index contributed by atoms with van der Waals surface area (Å²) in [6.07, 6.45) is 0. The number of nitrogens with zero attached hydrogens (tertiary/aromatic N) is 2. The molecular weight excluding hydrogens is 312 g/mol. The standard InChI is InChI=1S/C17H26N2O3S/c1-12(2)17(20)18-6-8-19(9-7-18)23(21,22)16-14(4)10-13(3)11-15(16)5/h10-12H,6-9H2,1-5H3. The zero-order valence-electron chi connectivity index (χ0n) is 14.6. The molecule has 0 N–H and O–H groups in total. The molecule has 0 saturated carbocycles. The van der Waals surface area contributed by atoms with Crippen molar-refractivity contribution in [3.05, 3.63) is 28.8 Å². The van der Waals surface area contributed by atoms with Crippen molar-refractivity contribution in [2.24, 2.45) is 5.92 Å². The molecule has 0 aliphatic carbocycles. The van der Waals surface area contributed by atoms with Crippen molar-refractivity contribution in [1.29, 1.82) is 0 Å². The van der Waals surface area contributed by atoms with Crippen molar-refractivity contribution in [3.8, 4) is 0 Å². The normalized spacial score (nSPS) is 16.9. The molecule has 1 heterocycles. The fourth-order valence-corrected chi connectivity index (χ4v) is 5.05. The van der Waals surface area contributed by atoms with Crippen LogP contribution in [-0.2, 0) is 14.8 Å². The molecule has 1 saturated heterocycles. The van der Waals surface area contributed by atoms with Gasteiger partial charge in [-0.05, 0) is 31.9 Å². The number of hydrogen-bond donors (Lipinski definition) is 0. The van der Waals surface area contributed by atoms with Crippen LogP contribution in [0.25, 0.3) is 0 Å². The molecule has 1 fully saturated rings. The van der Waals surface area contributed by atoms with Gasteiger partial charge in [-0.2, -0.15) is 4.31 Å². The van der Waals surface area contributed by atoms with Crippen LogP contribution in [0.4, 0.5) is 0 Å². The smallest absolute Gasteiger partial charge is 0.243 e. The highest BCUT2D eigenvalue weighted by molar-refractivity contribution is 7.89. The van der Waals surface area contributed by atoms with Gasteiger partial charge in [-0.15, -0.1) is 0 Å². The summed E-state index contributed by atoms with van der Waals surface area (Å²) in [6, 6.07) is 3.80. The molecule has 0 spiro atoms. The average Bonchev–Trinajstić information content (AvgIpc) is 2.45. The number of sulfonamides is 1. The first-order chi connectivity index (χ1) is 10.6. The van der Waals surface area contributed by atoms with Crippen molar-refractivity contribution in [2.75, 3.05) is 26.2 Å². The van der Waals surface area contributed by atoms with Crippen LogP contribution in [0.1, 0.15) is 30.5 Å². The largest absolute Gasteiger partial charge is 0.340 e. The Balaban J connectivity index is 2.22. The monoisotopic (exact) mass is 338 g/mol. The molecule has 5 nitrogen and oxygen atoms in total. The minimum absolute atomic E-state index is 0.0558. The second-order valence-electron chi connectivity index (χ2n) is 6.61. The molecule has 6 heteroatoms. The fourth-order valence-electron chi connectivity index (χ4n) is 3.22. The second kappa shape index (κ2) is 6.61. The predicted molar refractivity (Wildman–Crippen MR) is 90.8 cm³/mol. The van der Waals surface area contributed by atoms with Gasteiger partial charge in [-0.3, -0.25) is 4.79 Å². The van der Waals surface area contributed by atoms with Gasteiger partial charge in [-0.25, -0.2) is 8.42 Å². The molecule has 0 atom stereocenters. The maximum absolute atomic E-state index is 13.0. The van der Waals surface area contributed by atoms with Crippen LogP contribution in [0.3, 0.4) is 0 Å². The highest BCUT2D eigenvalue weighted by Gasteiger charge is 2.32. The van der Waals surface area contributed by atoms with E-state index in [1.165, 1.54) is 4.31 Å². The lowest BCUT2D eigenvalue weighted by atomic mass is 10.1. The van der Waals surface area contributed by atoms with E-state index in [9.17, 15) is 13.2 Å². The van der Waals surface area contributed by atoms with Gasteiger partial charge in [0.15, 0.2) is 0 Å². The van der Waals surface area contributed by atoms with Crippen LogP contribution in [0.15, 0.2) is 17.0 Å². The first-order valence-electron chi connectivity index (χ1n) is 8.01. The number of benzene rings is 1. The Hall–Kier alpha value is -1.40. The maximum atomic E-state index is 13.0. The molecule has 0 bridgehead atoms. The van der Waals surface area contributed by atoms with Crippen molar-refractivity contribution in [1.82, 2.24) is 9.21 Å². The topological polar surface area (TPSA) is 57.7 Å². The van der Waals surface area contributed by atoms with E-state index < -0.39 is 10.0 Å². The van der Waals surface area contributed by atoms with E-state index in [4.69, 9.17) is 0 Å². The lowest BCUT2D eigenvalue weighted by Crippen LogP contribution is -2.51. The molecule has 1 amide bonds. The maximum Gasteiger partial charge on any atom is 0.243 e. The van der Waals surface area contributed by atoms with E-state index in [2.05, 4.69) is 0 Å². The van der Waals surface area contributed by atoms with Crippen LogP contribution < -0.4 is 0 Å². The van der Waals surface area contributed by atoms with Crippen LogP contribution in [0, 0.1) is 26.7 Å². The molecule has 1 aromatic rings. The third-order valence-corrected chi connectivity index (χ3v) is 6.45. The van der Waals surface area contributed by atoms with Gasteiger partial charge in [0, 0.05) is 32.1 Å². The summed E-state index contributed by atoms with van der Waals surface area (Å²) in [5, 5.41) is 0. The fraction of sp³-hybridized carbons (Fsp3) is 0.588. The quantitative estimate of drug-likeness (QED) is 0.848. The summed E-state index contributed by atoms with van der Waals surface area (Å²) in [7, 11) is -3.51. The predicted octanol–water partition coefficient (Wildman–Crippen LogP) is 2.10. The Labute approximate surface area is 139 Å². The molecule has 0 aromatic heterocycles. The molecule has 23 heavy (non-hydrogen) atoms. The lowest BCUT2D eigenvalue weighted by Gasteiger charge is -2.35. The Kier molecular flexibility index (Phi) is 5.16. The van der Waals surface area contributed by atoms with E-state index in [0.29, 0.717) is 31.1 Å². The number of aryl methyl sites for hydroxylation is 3. The number of piperazine rings is 1. The molecule has 1 aliphatic heterocycles. The minimum atomic E-state index is -3.51. The Morgan fingerprint density at radius 3 is 1.91 bits per heavy atom. The zero-order chi connectivity index (χ0) is 17.4. The molecule has 0 radical (unpaired) electrons. The number of carbonyl (C=O) groups is 1. The molecule has 2 rings (SSSR count). The van der Waals surface area contributed by atoms with E-state index >= 15 is 0 Å². The van der Waals surface area contributed by atoms with Crippen molar-refractivity contribution < 1.29 is 13.2 Å². The average molecular weight is 338 g/mol. The van der Waals surface area contributed by atoms with Gasteiger partial charge in [0.2, 0.25) is 15.9 Å². The first-order valence-corrected chi connectivity index (χ1v) is 9.45. The van der Waals surface area contributed by atoms with E-state index in [-0.39, 0.29) is 11.8 Å². The highest BCUT2D eigenvalue weighted by Crippen LogP contribution is 2.26. The van der Waals surface area contributed by atoms with E-state index in [0.717, 1.165) is 16.7 Å². The van der Waals surface area contributed by atoms with Gasteiger partial charge in [0.1, 0.15) is 0 Å². The Morgan fingerprint density at radius 1 is 1.00 bits per heavy atom.